The molecule has 0 unspecified atom stereocenters. The van der Waals surface area contributed by atoms with Crippen LogP contribution in [0.15, 0.2) is 99.9 Å². The van der Waals surface area contributed by atoms with Crippen molar-refractivity contribution >= 4 is 23.4 Å². The van der Waals surface area contributed by atoms with Gasteiger partial charge in [-0.15, -0.1) is 0 Å². The topological polar surface area (TPSA) is 84.0 Å². The molecule has 252 valence electrons. The molecule has 5 aromatic rings. The van der Waals surface area contributed by atoms with E-state index in [4.69, 9.17) is 19.2 Å². The maximum Gasteiger partial charge on any atom is 0.338 e. The highest BCUT2D eigenvalue weighted by molar-refractivity contribution is 7.07. The Morgan fingerprint density at radius 3 is 2.45 bits per heavy atom. The maximum absolute atomic E-state index is 14.3. The minimum atomic E-state index is -0.779. The Hall–Kier alpha value is -5.22. The van der Waals surface area contributed by atoms with Gasteiger partial charge in [-0.2, -0.15) is 0 Å². The normalized spacial score (nSPS) is 14.5. The van der Waals surface area contributed by atoms with Gasteiger partial charge in [0.25, 0.3) is 5.56 Å². The van der Waals surface area contributed by atoms with Crippen LogP contribution in [0.1, 0.15) is 61.8 Å². The third-order valence-corrected chi connectivity index (χ3v) is 9.28. The monoisotopic (exact) mass is 679 g/mol. The van der Waals surface area contributed by atoms with Gasteiger partial charge in [0.2, 0.25) is 0 Å². The average Bonchev–Trinajstić information content (AvgIpc) is 3.53. The molecule has 1 atom stereocenters. The first-order valence-corrected chi connectivity index (χ1v) is 17.0. The van der Waals surface area contributed by atoms with Crippen molar-refractivity contribution in [2.45, 2.75) is 60.3 Å². The number of carbonyl (C=O) groups is 1. The molecular weight excluding hydrogens is 642 g/mol. The van der Waals surface area contributed by atoms with Gasteiger partial charge in [0.1, 0.15) is 30.0 Å². The molecule has 8 nitrogen and oxygen atoms in total. The fraction of sp³-hybridized carbons (Fsp3) is 0.256. The molecule has 0 saturated heterocycles. The zero-order chi connectivity index (χ0) is 34.8. The zero-order valence-electron chi connectivity index (χ0n) is 28.3. The molecular formula is C39H38FN3O5S. The lowest BCUT2D eigenvalue weighted by Gasteiger charge is -2.26. The third kappa shape index (κ3) is 6.73. The largest absolute Gasteiger partial charge is 0.491 e. The summed E-state index contributed by atoms with van der Waals surface area (Å²) in [5.74, 6) is 0.395. The van der Waals surface area contributed by atoms with Crippen LogP contribution in [0.5, 0.6) is 11.5 Å². The van der Waals surface area contributed by atoms with Crippen molar-refractivity contribution in [1.82, 2.24) is 9.13 Å². The van der Waals surface area contributed by atoms with E-state index in [-0.39, 0.29) is 30.7 Å². The zero-order valence-corrected chi connectivity index (χ0v) is 29.1. The number of thiazole rings is 1. The van der Waals surface area contributed by atoms with Gasteiger partial charge in [-0.25, -0.2) is 14.2 Å². The highest BCUT2D eigenvalue weighted by Crippen LogP contribution is 2.36. The number of halogens is 1. The van der Waals surface area contributed by atoms with Crippen LogP contribution in [0.4, 0.5) is 4.39 Å². The highest BCUT2D eigenvalue weighted by Gasteiger charge is 2.35. The van der Waals surface area contributed by atoms with Crippen LogP contribution >= 0.6 is 11.3 Å². The molecule has 6 rings (SSSR count). The van der Waals surface area contributed by atoms with E-state index >= 15 is 0 Å². The lowest BCUT2D eigenvalue weighted by Crippen LogP contribution is -2.40. The number of nitrogens with zero attached hydrogens (tertiary/aromatic N) is 3. The molecule has 1 aliphatic heterocycles. The Kier molecular flexibility index (Phi) is 9.69. The number of fused-ring (bicyclic) bond motifs is 1. The molecule has 0 fully saturated rings. The molecule has 3 heterocycles. The number of hydrogen-bond acceptors (Lipinski definition) is 7. The molecule has 3 aromatic carbocycles. The SMILES string of the molecule is CCOC(=O)C1=C(C)N=c2s/c(=C\c3cc(C)n(-c4ccc(OCc5ccccc5F)cc4)c3C)c(=O)n2[C@@H]1c1ccccc1OC(C)C. The third-order valence-electron chi connectivity index (χ3n) is 8.30. The number of allylic oxidation sites excluding steroid dienone is 1. The lowest BCUT2D eigenvalue weighted by molar-refractivity contribution is -0.139. The molecule has 1 aliphatic rings. The van der Waals surface area contributed by atoms with Gasteiger partial charge in [-0.3, -0.25) is 9.36 Å². The minimum absolute atomic E-state index is 0.119. The van der Waals surface area contributed by atoms with Crippen molar-refractivity contribution in [1.29, 1.82) is 0 Å². The Morgan fingerprint density at radius 1 is 1.02 bits per heavy atom. The summed E-state index contributed by atoms with van der Waals surface area (Å²) in [5.41, 5.74) is 5.44. The summed E-state index contributed by atoms with van der Waals surface area (Å²) in [6.07, 6.45) is 1.76. The number of ether oxygens (including phenoxy) is 3. The first-order chi connectivity index (χ1) is 23.6. The molecule has 0 radical (unpaired) electrons. The van der Waals surface area contributed by atoms with Gasteiger partial charge in [-0.05, 0) is 95.6 Å². The average molecular weight is 680 g/mol. The number of carbonyl (C=O) groups excluding carboxylic acids is 1. The van der Waals surface area contributed by atoms with E-state index in [2.05, 4.69) is 4.57 Å². The van der Waals surface area contributed by atoms with Gasteiger partial charge >= 0.3 is 5.97 Å². The summed E-state index contributed by atoms with van der Waals surface area (Å²) < 4.78 is 35.6. The maximum atomic E-state index is 14.3. The Balaban J connectivity index is 1.38. The molecule has 0 N–H and O–H groups in total. The molecule has 49 heavy (non-hydrogen) atoms. The fourth-order valence-corrected chi connectivity index (χ4v) is 7.13. The first kappa shape index (κ1) is 33.7. The van der Waals surface area contributed by atoms with E-state index in [0.29, 0.717) is 43.2 Å². The summed E-state index contributed by atoms with van der Waals surface area (Å²) in [5, 5.41) is 0. The summed E-state index contributed by atoms with van der Waals surface area (Å²) in [7, 11) is 0. The highest BCUT2D eigenvalue weighted by atomic mass is 32.1. The molecule has 0 aliphatic carbocycles. The Labute approximate surface area is 288 Å². The molecule has 0 saturated carbocycles. The minimum Gasteiger partial charge on any atom is -0.491 e. The van der Waals surface area contributed by atoms with Crippen molar-refractivity contribution in [3.05, 3.63) is 144 Å². The Bertz CT molecular complexity index is 2240. The van der Waals surface area contributed by atoms with Gasteiger partial charge in [-0.1, -0.05) is 47.7 Å². The quantitative estimate of drug-likeness (QED) is 0.153. The molecule has 0 amide bonds. The van der Waals surface area contributed by atoms with Gasteiger partial charge in [0, 0.05) is 28.2 Å². The van der Waals surface area contributed by atoms with Crippen molar-refractivity contribution in [3.8, 4) is 17.2 Å². The second kappa shape index (κ2) is 14.1. The smallest absolute Gasteiger partial charge is 0.338 e. The van der Waals surface area contributed by atoms with E-state index < -0.39 is 12.0 Å². The second-order valence-electron chi connectivity index (χ2n) is 12.0. The van der Waals surface area contributed by atoms with E-state index in [1.165, 1.54) is 17.4 Å². The summed E-state index contributed by atoms with van der Waals surface area (Å²) in [4.78, 5) is 32.9. The van der Waals surface area contributed by atoms with Gasteiger partial charge < -0.3 is 18.8 Å². The number of esters is 1. The van der Waals surface area contributed by atoms with E-state index in [1.807, 2.05) is 88.4 Å². The van der Waals surface area contributed by atoms with Crippen molar-refractivity contribution < 1.29 is 23.4 Å². The van der Waals surface area contributed by atoms with Crippen molar-refractivity contribution in [3.63, 3.8) is 0 Å². The van der Waals surface area contributed by atoms with E-state index in [0.717, 1.165) is 22.6 Å². The van der Waals surface area contributed by atoms with Crippen LogP contribution in [-0.4, -0.2) is 27.8 Å². The molecule has 2 aromatic heterocycles. The van der Waals surface area contributed by atoms with Gasteiger partial charge in [0.05, 0.1) is 28.5 Å². The van der Waals surface area contributed by atoms with E-state index in [9.17, 15) is 14.0 Å². The number of rotatable bonds is 10. The van der Waals surface area contributed by atoms with Crippen LogP contribution in [0, 0.1) is 19.7 Å². The predicted molar refractivity (Wildman–Crippen MR) is 189 cm³/mol. The van der Waals surface area contributed by atoms with Crippen molar-refractivity contribution in [2.75, 3.05) is 6.61 Å². The summed E-state index contributed by atoms with van der Waals surface area (Å²) in [6, 6.07) is 22.9. The van der Waals surface area contributed by atoms with Gasteiger partial charge in [0.15, 0.2) is 4.80 Å². The van der Waals surface area contributed by atoms with Crippen LogP contribution in [0.3, 0.4) is 0 Å². The summed E-state index contributed by atoms with van der Waals surface area (Å²) >= 11 is 1.28. The number of aromatic nitrogens is 2. The molecule has 0 bridgehead atoms. The standard InChI is InChI=1S/C39H38FN3O5S/c1-7-46-38(45)35-25(5)41-39-43(36(35)31-13-9-11-15-33(31)48-23(2)3)37(44)34(49-39)21-28-20-24(4)42(26(28)6)29-16-18-30(19-17-29)47-22-27-12-8-10-14-32(27)40/h8-21,23,36H,7,22H2,1-6H3/b34-21-/t36-/m1/s1. The number of hydrogen-bond donors (Lipinski definition) is 0. The number of para-hydroxylation sites is 1. The fourth-order valence-electron chi connectivity index (χ4n) is 6.09. The van der Waals surface area contributed by atoms with Crippen LogP contribution in [-0.2, 0) is 16.1 Å². The van der Waals surface area contributed by atoms with E-state index in [1.54, 1.807) is 36.6 Å². The summed E-state index contributed by atoms with van der Waals surface area (Å²) in [6.45, 7) is 11.7. The second-order valence-corrected chi connectivity index (χ2v) is 13.1. The van der Waals surface area contributed by atoms with Crippen LogP contribution in [0.25, 0.3) is 11.8 Å². The lowest BCUT2D eigenvalue weighted by atomic mass is 9.95. The number of aryl methyl sites for hydroxylation is 1. The Morgan fingerprint density at radius 2 is 1.73 bits per heavy atom. The molecule has 10 heteroatoms. The number of benzene rings is 3. The first-order valence-electron chi connectivity index (χ1n) is 16.2. The predicted octanol–water partition coefficient (Wildman–Crippen LogP) is 6.71. The van der Waals surface area contributed by atoms with Crippen molar-refractivity contribution in [2.24, 2.45) is 4.99 Å². The van der Waals surface area contributed by atoms with Crippen LogP contribution in [0.2, 0.25) is 0 Å². The van der Waals surface area contributed by atoms with Crippen LogP contribution < -0.4 is 24.4 Å². The molecule has 0 spiro atoms.